The lowest BCUT2D eigenvalue weighted by atomic mass is 10.1. The number of phenols is 1. The van der Waals surface area contributed by atoms with Crippen molar-refractivity contribution in [1.29, 1.82) is 0 Å². The predicted octanol–water partition coefficient (Wildman–Crippen LogP) is 2.18. The average Bonchev–Trinajstić information content (AvgIpc) is 2.89. The van der Waals surface area contributed by atoms with Gasteiger partial charge in [0.2, 0.25) is 0 Å². The Morgan fingerprint density at radius 1 is 0.950 bits per heavy atom. The minimum Gasteiger partial charge on any atom is -0.507 e. The highest BCUT2D eigenvalue weighted by atomic mass is 16.3. The molecule has 1 aromatic heterocycles. The monoisotopic (exact) mass is 267 g/mol. The van der Waals surface area contributed by atoms with E-state index in [1.807, 2.05) is 24.3 Å². The molecule has 3 nitrogen and oxygen atoms in total. The minimum atomic E-state index is 0.385. The van der Waals surface area contributed by atoms with Gasteiger partial charge >= 0.3 is 0 Å². The molecule has 4 N–H and O–H groups in total. The van der Waals surface area contributed by atoms with Crippen LogP contribution in [0.4, 0.5) is 0 Å². The molecule has 0 radical (unpaired) electrons. The average molecular weight is 267 g/mol. The van der Waals surface area contributed by atoms with Crippen molar-refractivity contribution in [1.82, 2.24) is 4.98 Å². The highest BCUT2D eigenvalue weighted by Crippen LogP contribution is 2.17. The summed E-state index contributed by atoms with van der Waals surface area (Å²) in [6, 6.07) is 15.9. The first-order valence-electron chi connectivity index (χ1n) is 6.98. The van der Waals surface area contributed by atoms with E-state index in [9.17, 15) is 5.11 Å². The van der Waals surface area contributed by atoms with Crippen LogP contribution in [0.15, 0.2) is 54.7 Å². The van der Waals surface area contributed by atoms with Crippen molar-refractivity contribution in [2.45, 2.75) is 13.0 Å². The van der Waals surface area contributed by atoms with Crippen molar-refractivity contribution in [3.63, 3.8) is 0 Å². The molecule has 3 rings (SSSR count). The van der Waals surface area contributed by atoms with Crippen molar-refractivity contribution >= 4 is 10.9 Å². The second kappa shape index (κ2) is 5.80. The predicted molar refractivity (Wildman–Crippen MR) is 80.6 cm³/mol. The van der Waals surface area contributed by atoms with Crippen LogP contribution in [0.1, 0.15) is 11.1 Å². The third-order valence-corrected chi connectivity index (χ3v) is 3.65. The molecule has 102 valence electrons. The van der Waals surface area contributed by atoms with E-state index >= 15 is 0 Å². The van der Waals surface area contributed by atoms with Gasteiger partial charge in [0.25, 0.3) is 0 Å². The van der Waals surface area contributed by atoms with Crippen molar-refractivity contribution < 1.29 is 10.4 Å². The summed E-state index contributed by atoms with van der Waals surface area (Å²) in [7, 11) is 0. The third kappa shape index (κ3) is 2.68. The fourth-order valence-corrected chi connectivity index (χ4v) is 2.54. The van der Waals surface area contributed by atoms with E-state index < -0.39 is 0 Å². The summed E-state index contributed by atoms with van der Waals surface area (Å²) in [4.78, 5) is 3.30. The topological polar surface area (TPSA) is 52.6 Å². The lowest BCUT2D eigenvalue weighted by molar-refractivity contribution is -0.670. The molecule has 1 heterocycles. The maximum atomic E-state index is 9.71. The van der Waals surface area contributed by atoms with Gasteiger partial charge in [0, 0.05) is 29.1 Å². The highest BCUT2D eigenvalue weighted by Gasteiger charge is 2.05. The molecule has 0 aliphatic heterocycles. The summed E-state index contributed by atoms with van der Waals surface area (Å²) in [6.45, 7) is 1.82. The van der Waals surface area contributed by atoms with Gasteiger partial charge in [-0.2, -0.15) is 0 Å². The molecule has 0 unspecified atom stereocenters. The summed E-state index contributed by atoms with van der Waals surface area (Å²) in [5.41, 5.74) is 3.55. The number of nitrogens with one attached hydrogen (secondary N) is 1. The van der Waals surface area contributed by atoms with E-state index in [2.05, 4.69) is 34.7 Å². The molecule has 0 aliphatic carbocycles. The van der Waals surface area contributed by atoms with Crippen LogP contribution in [0.25, 0.3) is 10.9 Å². The summed E-state index contributed by atoms with van der Waals surface area (Å²) in [6.07, 6.45) is 3.12. The molecule has 2 aromatic carbocycles. The Morgan fingerprint density at radius 3 is 2.65 bits per heavy atom. The molecule has 0 saturated carbocycles. The van der Waals surface area contributed by atoms with E-state index in [1.54, 1.807) is 6.07 Å². The van der Waals surface area contributed by atoms with E-state index in [-0.39, 0.29) is 0 Å². The van der Waals surface area contributed by atoms with E-state index in [0.717, 1.165) is 25.1 Å². The number of hydrogen-bond donors (Lipinski definition) is 3. The molecule has 0 fully saturated rings. The lowest BCUT2D eigenvalue weighted by Gasteiger charge is -2.03. The summed E-state index contributed by atoms with van der Waals surface area (Å²) in [5.74, 6) is 0.385. The van der Waals surface area contributed by atoms with E-state index in [4.69, 9.17) is 0 Å². The Morgan fingerprint density at radius 2 is 1.75 bits per heavy atom. The molecule has 0 saturated heterocycles. The Balaban J connectivity index is 1.57. The number of benzene rings is 2. The smallest absolute Gasteiger partial charge is 0.124 e. The van der Waals surface area contributed by atoms with Crippen LogP contribution >= 0.6 is 0 Å². The quantitative estimate of drug-likeness (QED) is 0.610. The number of H-pyrrole nitrogens is 1. The first-order chi connectivity index (χ1) is 9.84. The number of hydrogen-bond acceptors (Lipinski definition) is 1. The van der Waals surface area contributed by atoms with Crippen molar-refractivity contribution in [3.8, 4) is 5.75 Å². The van der Waals surface area contributed by atoms with Crippen molar-refractivity contribution in [2.75, 3.05) is 6.54 Å². The van der Waals surface area contributed by atoms with Crippen LogP contribution in [0.3, 0.4) is 0 Å². The number of rotatable bonds is 5. The molecule has 3 aromatic rings. The molecule has 0 aliphatic rings. The van der Waals surface area contributed by atoms with Gasteiger partial charge in [0.05, 0.1) is 6.54 Å². The van der Waals surface area contributed by atoms with E-state index in [0.29, 0.717) is 5.75 Å². The fraction of sp³-hybridized carbons (Fsp3) is 0.176. The van der Waals surface area contributed by atoms with Gasteiger partial charge in [0.1, 0.15) is 12.3 Å². The molecule has 3 heteroatoms. The van der Waals surface area contributed by atoms with Crippen molar-refractivity contribution in [3.05, 3.63) is 65.9 Å². The number of para-hydroxylation sites is 2. The Bertz CT molecular complexity index is 703. The summed E-state index contributed by atoms with van der Waals surface area (Å²) >= 11 is 0. The highest BCUT2D eigenvalue weighted by molar-refractivity contribution is 5.82. The van der Waals surface area contributed by atoms with Crippen LogP contribution in [-0.2, 0) is 13.0 Å². The molecule has 0 amide bonds. The number of quaternary nitrogens is 1. The Kier molecular flexibility index (Phi) is 3.70. The van der Waals surface area contributed by atoms with Gasteiger partial charge in [0.15, 0.2) is 0 Å². The van der Waals surface area contributed by atoms with Crippen LogP contribution in [-0.4, -0.2) is 16.6 Å². The first-order valence-corrected chi connectivity index (χ1v) is 6.98. The number of fused-ring (bicyclic) bond motifs is 1. The normalized spacial score (nSPS) is 11.0. The second-order valence-electron chi connectivity index (χ2n) is 5.02. The Hall–Kier alpha value is -2.26. The van der Waals surface area contributed by atoms with Gasteiger partial charge in [-0.1, -0.05) is 30.3 Å². The second-order valence-corrected chi connectivity index (χ2v) is 5.02. The van der Waals surface area contributed by atoms with Gasteiger partial charge in [-0.15, -0.1) is 0 Å². The molecular weight excluding hydrogens is 248 g/mol. The molecular formula is C17H19N2O+. The number of aromatic amines is 1. The summed E-state index contributed by atoms with van der Waals surface area (Å²) < 4.78 is 0. The maximum absolute atomic E-state index is 9.71. The summed E-state index contributed by atoms with van der Waals surface area (Å²) in [5, 5.41) is 13.3. The van der Waals surface area contributed by atoms with Crippen LogP contribution in [0.2, 0.25) is 0 Å². The van der Waals surface area contributed by atoms with Gasteiger partial charge in [-0.3, -0.25) is 0 Å². The molecule has 20 heavy (non-hydrogen) atoms. The maximum Gasteiger partial charge on any atom is 0.124 e. The van der Waals surface area contributed by atoms with Gasteiger partial charge < -0.3 is 15.4 Å². The third-order valence-electron chi connectivity index (χ3n) is 3.65. The zero-order valence-corrected chi connectivity index (χ0v) is 11.3. The lowest BCUT2D eigenvalue weighted by Crippen LogP contribution is -2.83. The fourth-order valence-electron chi connectivity index (χ4n) is 2.54. The van der Waals surface area contributed by atoms with Crippen LogP contribution in [0.5, 0.6) is 5.75 Å². The largest absolute Gasteiger partial charge is 0.507 e. The zero-order valence-electron chi connectivity index (χ0n) is 11.3. The molecule has 0 spiro atoms. The van der Waals surface area contributed by atoms with E-state index in [1.165, 1.54) is 16.5 Å². The molecule has 0 atom stereocenters. The van der Waals surface area contributed by atoms with Crippen LogP contribution < -0.4 is 5.32 Å². The number of aromatic hydroxyl groups is 1. The number of phenolic OH excluding ortho intramolecular Hbond substituents is 1. The standard InChI is InChI=1S/C17H18N2O/c20-17-8-4-1-5-14(17)11-18-10-9-13-12-19-16-7-3-2-6-15(13)16/h1-8,12,18-20H,9-11H2/p+1. The Labute approximate surface area is 118 Å². The first kappa shape index (κ1) is 12.8. The van der Waals surface area contributed by atoms with Crippen molar-refractivity contribution in [2.24, 2.45) is 0 Å². The zero-order chi connectivity index (χ0) is 13.8. The van der Waals surface area contributed by atoms with Crippen LogP contribution in [0, 0.1) is 0 Å². The number of nitrogens with two attached hydrogens (primary N) is 1. The molecule has 0 bridgehead atoms. The SMILES string of the molecule is Oc1ccccc1C[NH2+]CCc1c[nH]c2ccccc12. The number of aromatic nitrogens is 1. The minimum absolute atomic E-state index is 0.385. The van der Waals surface area contributed by atoms with Gasteiger partial charge in [-0.25, -0.2) is 0 Å². The van der Waals surface area contributed by atoms with Gasteiger partial charge in [-0.05, 0) is 23.8 Å².